The third-order valence-corrected chi connectivity index (χ3v) is 8.82. The summed E-state index contributed by atoms with van der Waals surface area (Å²) in [5.74, 6) is 0.351. The van der Waals surface area contributed by atoms with E-state index in [0.717, 1.165) is 24.0 Å². The molecule has 3 aromatic rings. The lowest BCUT2D eigenvalue weighted by Gasteiger charge is -2.41. The first-order chi connectivity index (χ1) is 17.8. The molecule has 8 heteroatoms. The van der Waals surface area contributed by atoms with E-state index >= 15 is 0 Å². The zero-order chi connectivity index (χ0) is 26.3. The number of hydrogen-bond donors (Lipinski definition) is 2. The predicted molar refractivity (Wildman–Crippen MR) is 146 cm³/mol. The minimum atomic E-state index is -3.63. The summed E-state index contributed by atoms with van der Waals surface area (Å²) in [6.45, 7) is 0.771. The number of nitrogens with one attached hydrogen (secondary N) is 2. The highest BCUT2D eigenvalue weighted by atomic mass is 32.2. The molecule has 1 saturated carbocycles. The van der Waals surface area contributed by atoms with Crippen LogP contribution in [0.2, 0.25) is 0 Å². The number of benzene rings is 3. The number of rotatable bonds is 10. The Morgan fingerprint density at radius 1 is 0.946 bits per heavy atom. The Bertz CT molecular complexity index is 1270. The first kappa shape index (κ1) is 26.9. The van der Waals surface area contributed by atoms with Gasteiger partial charge in [-0.3, -0.25) is 4.79 Å². The molecule has 1 amide bonds. The Hall–Kier alpha value is -3.20. The van der Waals surface area contributed by atoms with E-state index in [4.69, 9.17) is 4.74 Å². The molecule has 1 aliphatic rings. The second-order valence-electron chi connectivity index (χ2n) is 9.67. The van der Waals surface area contributed by atoms with Crippen molar-refractivity contribution >= 4 is 16.1 Å². The lowest BCUT2D eigenvalue weighted by atomic mass is 9.68. The second-order valence-corrected chi connectivity index (χ2v) is 11.5. The fourth-order valence-electron chi connectivity index (χ4n) is 5.05. The highest BCUT2D eigenvalue weighted by molar-refractivity contribution is 7.87. The van der Waals surface area contributed by atoms with Gasteiger partial charge >= 0.3 is 0 Å². The van der Waals surface area contributed by atoms with Gasteiger partial charge in [-0.25, -0.2) is 0 Å². The van der Waals surface area contributed by atoms with Crippen LogP contribution in [0.1, 0.15) is 47.2 Å². The molecular formula is C29H35N3O4S. The molecule has 196 valence electrons. The van der Waals surface area contributed by atoms with Gasteiger partial charge in [-0.2, -0.15) is 17.4 Å². The van der Waals surface area contributed by atoms with E-state index in [9.17, 15) is 13.2 Å². The van der Waals surface area contributed by atoms with Gasteiger partial charge in [-0.05, 0) is 48.9 Å². The van der Waals surface area contributed by atoms with Crippen molar-refractivity contribution in [3.05, 3.63) is 102 Å². The average molecular weight is 522 g/mol. The summed E-state index contributed by atoms with van der Waals surface area (Å²) in [4.78, 5) is 13.0. The molecule has 0 bridgehead atoms. The van der Waals surface area contributed by atoms with Crippen LogP contribution < -0.4 is 14.8 Å². The molecular weight excluding hydrogens is 486 g/mol. The molecule has 1 aliphatic carbocycles. The van der Waals surface area contributed by atoms with Gasteiger partial charge in [-0.15, -0.1) is 0 Å². The maximum absolute atomic E-state index is 13.0. The number of carbonyl (C=O) groups excluding carboxylic acids is 1. The first-order valence-electron chi connectivity index (χ1n) is 12.6. The molecule has 0 heterocycles. The van der Waals surface area contributed by atoms with Crippen molar-refractivity contribution in [2.45, 2.75) is 43.7 Å². The molecule has 2 N–H and O–H groups in total. The molecule has 0 spiro atoms. The lowest BCUT2D eigenvalue weighted by molar-refractivity contribution is 0.0932. The Kier molecular flexibility index (Phi) is 8.63. The Morgan fingerprint density at radius 3 is 2.19 bits per heavy atom. The fourth-order valence-corrected chi connectivity index (χ4v) is 6.21. The number of carbonyl (C=O) groups is 1. The lowest BCUT2D eigenvalue weighted by Crippen LogP contribution is -2.49. The van der Waals surface area contributed by atoms with E-state index in [-0.39, 0.29) is 17.4 Å². The van der Waals surface area contributed by atoms with Crippen LogP contribution in [0, 0.1) is 0 Å². The van der Waals surface area contributed by atoms with Crippen molar-refractivity contribution in [2.75, 3.05) is 20.7 Å². The van der Waals surface area contributed by atoms with Crippen LogP contribution in [-0.4, -0.2) is 45.4 Å². The van der Waals surface area contributed by atoms with Crippen LogP contribution >= 0.6 is 0 Å². The van der Waals surface area contributed by atoms with Gasteiger partial charge in [0.05, 0.1) is 12.7 Å². The number of nitrogens with zero attached hydrogens (tertiary/aromatic N) is 1. The summed E-state index contributed by atoms with van der Waals surface area (Å²) < 4.78 is 35.6. The zero-order valence-electron chi connectivity index (χ0n) is 21.4. The smallest absolute Gasteiger partial charge is 0.279 e. The van der Waals surface area contributed by atoms with E-state index in [1.54, 1.807) is 26.3 Å². The second kappa shape index (κ2) is 11.9. The van der Waals surface area contributed by atoms with Crippen molar-refractivity contribution in [1.82, 2.24) is 14.3 Å². The highest BCUT2D eigenvalue weighted by Gasteiger charge is 2.38. The normalized spacial score (nSPS) is 19.9. The molecule has 4 rings (SSSR count). The average Bonchev–Trinajstić information content (AvgIpc) is 2.93. The van der Waals surface area contributed by atoms with Gasteiger partial charge in [-0.1, -0.05) is 72.8 Å². The van der Waals surface area contributed by atoms with Gasteiger partial charge in [0.25, 0.3) is 16.1 Å². The van der Waals surface area contributed by atoms with E-state index in [1.165, 1.54) is 4.31 Å². The molecule has 7 nitrogen and oxygen atoms in total. The van der Waals surface area contributed by atoms with Gasteiger partial charge in [0.15, 0.2) is 0 Å². The third kappa shape index (κ3) is 6.57. The minimum absolute atomic E-state index is 0.162. The molecule has 37 heavy (non-hydrogen) atoms. The zero-order valence-corrected chi connectivity index (χ0v) is 22.2. The van der Waals surface area contributed by atoms with E-state index in [1.807, 2.05) is 60.7 Å². The van der Waals surface area contributed by atoms with E-state index in [2.05, 4.69) is 22.2 Å². The van der Waals surface area contributed by atoms with Crippen molar-refractivity contribution in [3.8, 4) is 5.75 Å². The first-order valence-corrected chi connectivity index (χ1v) is 14.0. The van der Waals surface area contributed by atoms with Crippen molar-refractivity contribution in [1.29, 1.82) is 0 Å². The van der Waals surface area contributed by atoms with Gasteiger partial charge in [0.1, 0.15) is 5.75 Å². The Labute approximate surface area is 220 Å². The molecule has 0 atom stereocenters. The predicted octanol–water partition coefficient (Wildman–Crippen LogP) is 4.27. The molecule has 0 saturated heterocycles. The molecule has 1 fully saturated rings. The molecule has 3 aromatic carbocycles. The summed E-state index contributed by atoms with van der Waals surface area (Å²) in [5, 5.41) is 3.13. The summed E-state index contributed by atoms with van der Waals surface area (Å²) in [7, 11) is -0.480. The summed E-state index contributed by atoms with van der Waals surface area (Å²) in [6.07, 6.45) is 2.85. The van der Waals surface area contributed by atoms with Crippen LogP contribution in [0.5, 0.6) is 5.75 Å². The standard InChI is InChI=1S/C29H35N3O4S/c1-32(21-23-11-5-3-6-12-23)37(34,35)31-25-17-19-29(20-18-25,24-13-7-4-8-14-24)22-30-28(33)26-15-9-10-16-27(26)36-2/h3-16,25,31H,17-22H2,1-2H3,(H,30,33)/t25-,29-. The van der Waals surface area contributed by atoms with Crippen LogP contribution in [-0.2, 0) is 22.2 Å². The summed E-state index contributed by atoms with van der Waals surface area (Å²) >= 11 is 0. The molecule has 0 aliphatic heterocycles. The minimum Gasteiger partial charge on any atom is -0.496 e. The Balaban J connectivity index is 1.43. The van der Waals surface area contributed by atoms with Crippen LogP contribution in [0.4, 0.5) is 0 Å². The molecule has 0 unspecified atom stereocenters. The van der Waals surface area contributed by atoms with Crippen LogP contribution in [0.15, 0.2) is 84.9 Å². The van der Waals surface area contributed by atoms with Gasteiger partial charge in [0.2, 0.25) is 0 Å². The maximum Gasteiger partial charge on any atom is 0.279 e. The highest BCUT2D eigenvalue weighted by Crippen LogP contribution is 2.39. The maximum atomic E-state index is 13.0. The van der Waals surface area contributed by atoms with Crippen molar-refractivity contribution in [2.24, 2.45) is 0 Å². The number of amides is 1. The SMILES string of the molecule is COc1ccccc1C(=O)NC[C@]1(c2ccccc2)CC[C@H](NS(=O)(=O)N(C)Cc2ccccc2)CC1. The molecule has 0 aromatic heterocycles. The van der Waals surface area contributed by atoms with Crippen molar-refractivity contribution < 1.29 is 17.9 Å². The van der Waals surface area contributed by atoms with E-state index in [0.29, 0.717) is 37.2 Å². The monoisotopic (exact) mass is 521 g/mol. The van der Waals surface area contributed by atoms with Gasteiger partial charge < -0.3 is 10.1 Å². The number of para-hydroxylation sites is 1. The summed E-state index contributed by atoms with van der Waals surface area (Å²) in [6, 6.07) is 26.7. The number of ether oxygens (including phenoxy) is 1. The van der Waals surface area contributed by atoms with Crippen molar-refractivity contribution in [3.63, 3.8) is 0 Å². The largest absolute Gasteiger partial charge is 0.496 e. The van der Waals surface area contributed by atoms with Gasteiger partial charge in [0, 0.05) is 31.6 Å². The number of hydrogen-bond acceptors (Lipinski definition) is 4. The summed E-state index contributed by atoms with van der Waals surface area (Å²) in [5.41, 5.74) is 2.30. The Morgan fingerprint density at radius 2 is 1.54 bits per heavy atom. The molecule has 0 radical (unpaired) electrons. The van der Waals surface area contributed by atoms with E-state index < -0.39 is 10.2 Å². The van der Waals surface area contributed by atoms with Crippen LogP contribution in [0.3, 0.4) is 0 Å². The topological polar surface area (TPSA) is 87.7 Å². The quantitative estimate of drug-likeness (QED) is 0.417. The third-order valence-electron chi connectivity index (χ3n) is 7.24. The van der Waals surface area contributed by atoms with Crippen LogP contribution in [0.25, 0.3) is 0 Å². The fraction of sp³-hybridized carbons (Fsp3) is 0.345. The number of methoxy groups -OCH3 is 1.